The Bertz CT molecular complexity index is 523. The third-order valence-electron chi connectivity index (χ3n) is 5.48. The van der Waals surface area contributed by atoms with Crippen molar-refractivity contribution in [3.8, 4) is 0 Å². The first-order valence-electron chi connectivity index (χ1n) is 8.74. The van der Waals surface area contributed by atoms with Gasteiger partial charge in [0.1, 0.15) is 0 Å². The lowest BCUT2D eigenvalue weighted by atomic mass is 9.65. The zero-order chi connectivity index (χ0) is 15.6. The average Bonchev–Trinajstić information content (AvgIpc) is 3.22. The van der Waals surface area contributed by atoms with Gasteiger partial charge in [-0.25, -0.2) is 0 Å². The van der Waals surface area contributed by atoms with E-state index in [0.29, 0.717) is 5.41 Å². The SMILES string of the molecule is CCNC(=NCC1(C2CC2)CCC1)N(C)Cc1cccn1C. The summed E-state index contributed by atoms with van der Waals surface area (Å²) in [5.41, 5.74) is 1.86. The molecule has 2 fully saturated rings. The minimum absolute atomic E-state index is 0.548. The summed E-state index contributed by atoms with van der Waals surface area (Å²) in [6.45, 7) is 4.97. The first-order valence-corrected chi connectivity index (χ1v) is 8.74. The van der Waals surface area contributed by atoms with Gasteiger partial charge in [-0.2, -0.15) is 0 Å². The third-order valence-corrected chi connectivity index (χ3v) is 5.48. The second kappa shape index (κ2) is 6.35. The molecule has 1 aromatic heterocycles. The molecule has 0 saturated heterocycles. The maximum atomic E-state index is 5.00. The fourth-order valence-electron chi connectivity index (χ4n) is 3.70. The fourth-order valence-corrected chi connectivity index (χ4v) is 3.70. The summed E-state index contributed by atoms with van der Waals surface area (Å²) in [5, 5.41) is 3.46. The van der Waals surface area contributed by atoms with Crippen LogP contribution in [0.15, 0.2) is 23.3 Å². The third kappa shape index (κ3) is 3.16. The Labute approximate surface area is 134 Å². The molecule has 122 valence electrons. The topological polar surface area (TPSA) is 32.6 Å². The highest BCUT2D eigenvalue weighted by Crippen LogP contribution is 2.57. The molecule has 0 atom stereocenters. The molecule has 0 unspecified atom stereocenters. The Balaban J connectivity index is 1.65. The Kier molecular flexibility index (Phi) is 4.46. The van der Waals surface area contributed by atoms with Crippen molar-refractivity contribution in [1.82, 2.24) is 14.8 Å². The second-order valence-corrected chi connectivity index (χ2v) is 7.13. The Hall–Kier alpha value is -1.45. The molecule has 2 aliphatic carbocycles. The highest BCUT2D eigenvalue weighted by atomic mass is 15.3. The summed E-state index contributed by atoms with van der Waals surface area (Å²) in [4.78, 5) is 7.25. The lowest BCUT2D eigenvalue weighted by Crippen LogP contribution is -2.41. The molecule has 0 amide bonds. The maximum Gasteiger partial charge on any atom is 0.194 e. The normalized spacial score (nSPS) is 20.6. The number of hydrogen-bond acceptors (Lipinski definition) is 1. The molecule has 2 saturated carbocycles. The van der Waals surface area contributed by atoms with Crippen molar-refractivity contribution in [3.05, 3.63) is 24.0 Å². The smallest absolute Gasteiger partial charge is 0.194 e. The summed E-state index contributed by atoms with van der Waals surface area (Å²) in [6.07, 6.45) is 9.16. The van der Waals surface area contributed by atoms with Crippen molar-refractivity contribution in [2.45, 2.75) is 45.6 Å². The van der Waals surface area contributed by atoms with Gasteiger partial charge >= 0.3 is 0 Å². The predicted molar refractivity (Wildman–Crippen MR) is 91.9 cm³/mol. The highest BCUT2D eigenvalue weighted by Gasteiger charge is 2.48. The van der Waals surface area contributed by atoms with Crippen LogP contribution in [-0.2, 0) is 13.6 Å². The van der Waals surface area contributed by atoms with Crippen LogP contribution in [0.25, 0.3) is 0 Å². The molecule has 4 heteroatoms. The molecule has 1 heterocycles. The minimum Gasteiger partial charge on any atom is -0.357 e. The molecule has 0 bridgehead atoms. The average molecular weight is 302 g/mol. The lowest BCUT2D eigenvalue weighted by Gasteiger charge is -2.41. The van der Waals surface area contributed by atoms with E-state index in [1.807, 2.05) is 0 Å². The van der Waals surface area contributed by atoms with Crippen LogP contribution < -0.4 is 5.32 Å². The van der Waals surface area contributed by atoms with Gasteiger partial charge in [-0.15, -0.1) is 0 Å². The predicted octanol–water partition coefficient (Wildman–Crippen LogP) is 3.00. The van der Waals surface area contributed by atoms with Crippen LogP contribution in [0.4, 0.5) is 0 Å². The van der Waals surface area contributed by atoms with Gasteiger partial charge in [0, 0.05) is 39.1 Å². The van der Waals surface area contributed by atoms with Crippen LogP contribution in [0.5, 0.6) is 0 Å². The van der Waals surface area contributed by atoms with Crippen LogP contribution in [0.3, 0.4) is 0 Å². The van der Waals surface area contributed by atoms with Gasteiger partial charge in [-0.1, -0.05) is 6.42 Å². The van der Waals surface area contributed by atoms with Crippen LogP contribution in [0.1, 0.15) is 44.7 Å². The van der Waals surface area contributed by atoms with Crippen molar-refractivity contribution in [2.75, 3.05) is 20.1 Å². The standard InChI is InChI=1S/C18H30N4/c1-4-19-17(22(3)13-16-7-5-12-21(16)2)20-14-18(10-6-11-18)15-8-9-15/h5,7,12,15H,4,6,8-11,13-14H2,1-3H3,(H,19,20). The first kappa shape index (κ1) is 15.4. The van der Waals surface area contributed by atoms with Crippen molar-refractivity contribution in [1.29, 1.82) is 0 Å². The minimum atomic E-state index is 0.548. The van der Waals surface area contributed by atoms with E-state index < -0.39 is 0 Å². The van der Waals surface area contributed by atoms with Crippen molar-refractivity contribution in [2.24, 2.45) is 23.4 Å². The summed E-state index contributed by atoms with van der Waals surface area (Å²) in [6, 6.07) is 4.28. The molecule has 2 aliphatic rings. The van der Waals surface area contributed by atoms with E-state index in [2.05, 4.69) is 54.1 Å². The van der Waals surface area contributed by atoms with Crippen LogP contribution in [-0.4, -0.2) is 35.6 Å². The summed E-state index contributed by atoms with van der Waals surface area (Å²) < 4.78 is 2.18. The first-order chi connectivity index (χ1) is 10.6. The number of aryl methyl sites for hydroxylation is 1. The lowest BCUT2D eigenvalue weighted by molar-refractivity contribution is 0.112. The molecular weight excluding hydrogens is 272 g/mol. The maximum absolute atomic E-state index is 5.00. The van der Waals surface area contributed by atoms with Gasteiger partial charge in [0.25, 0.3) is 0 Å². The van der Waals surface area contributed by atoms with Crippen molar-refractivity contribution >= 4 is 5.96 Å². The van der Waals surface area contributed by atoms with E-state index in [1.165, 1.54) is 37.8 Å². The summed E-state index contributed by atoms with van der Waals surface area (Å²) in [7, 11) is 4.24. The summed E-state index contributed by atoms with van der Waals surface area (Å²) >= 11 is 0. The molecule has 3 rings (SSSR count). The van der Waals surface area contributed by atoms with Crippen LogP contribution in [0.2, 0.25) is 0 Å². The molecule has 0 aromatic carbocycles. The quantitative estimate of drug-likeness (QED) is 0.647. The monoisotopic (exact) mass is 302 g/mol. The van der Waals surface area contributed by atoms with Crippen molar-refractivity contribution < 1.29 is 0 Å². The van der Waals surface area contributed by atoms with Crippen LogP contribution >= 0.6 is 0 Å². The van der Waals surface area contributed by atoms with Gasteiger partial charge in [-0.3, -0.25) is 4.99 Å². The van der Waals surface area contributed by atoms with Gasteiger partial charge in [0.2, 0.25) is 0 Å². The zero-order valence-electron chi connectivity index (χ0n) is 14.3. The Morgan fingerprint density at radius 2 is 2.23 bits per heavy atom. The number of aliphatic imine (C=N–C) groups is 1. The summed E-state index contributed by atoms with van der Waals surface area (Å²) in [5.74, 6) is 2.02. The molecule has 22 heavy (non-hydrogen) atoms. The molecule has 1 aromatic rings. The van der Waals surface area contributed by atoms with Gasteiger partial charge in [-0.05, 0) is 56.1 Å². The van der Waals surface area contributed by atoms with E-state index in [9.17, 15) is 0 Å². The van der Waals surface area contributed by atoms with E-state index in [4.69, 9.17) is 4.99 Å². The molecular formula is C18H30N4. The number of hydrogen-bond donors (Lipinski definition) is 1. The number of guanidine groups is 1. The molecule has 1 N–H and O–H groups in total. The van der Waals surface area contributed by atoms with E-state index in [0.717, 1.165) is 31.5 Å². The highest BCUT2D eigenvalue weighted by molar-refractivity contribution is 5.79. The Morgan fingerprint density at radius 3 is 2.73 bits per heavy atom. The van der Waals surface area contributed by atoms with Gasteiger partial charge in [0.05, 0.1) is 6.54 Å². The van der Waals surface area contributed by atoms with Gasteiger partial charge in [0.15, 0.2) is 5.96 Å². The number of rotatable bonds is 6. The number of nitrogens with zero attached hydrogens (tertiary/aromatic N) is 3. The molecule has 4 nitrogen and oxygen atoms in total. The molecule has 0 aliphatic heterocycles. The van der Waals surface area contributed by atoms with Gasteiger partial charge < -0.3 is 14.8 Å². The number of nitrogens with one attached hydrogen (secondary N) is 1. The number of aromatic nitrogens is 1. The molecule has 0 spiro atoms. The largest absolute Gasteiger partial charge is 0.357 e. The van der Waals surface area contributed by atoms with Crippen molar-refractivity contribution in [3.63, 3.8) is 0 Å². The van der Waals surface area contributed by atoms with E-state index in [1.54, 1.807) is 0 Å². The van der Waals surface area contributed by atoms with Crippen LogP contribution in [0, 0.1) is 11.3 Å². The fraction of sp³-hybridized carbons (Fsp3) is 0.722. The molecule has 0 radical (unpaired) electrons. The van der Waals surface area contributed by atoms with E-state index in [-0.39, 0.29) is 0 Å². The van der Waals surface area contributed by atoms with E-state index >= 15 is 0 Å². The Morgan fingerprint density at radius 1 is 1.45 bits per heavy atom. The second-order valence-electron chi connectivity index (χ2n) is 7.13. The zero-order valence-corrected chi connectivity index (χ0v) is 14.3.